The summed E-state index contributed by atoms with van der Waals surface area (Å²) in [6.07, 6.45) is 0. The fraction of sp³-hybridized carbons (Fsp3) is 0.154. The van der Waals surface area contributed by atoms with Crippen LogP contribution in [0.15, 0.2) is 41.3 Å². The van der Waals surface area contributed by atoms with Crippen LogP contribution in [0.1, 0.15) is 5.56 Å². The monoisotopic (exact) mass is 299 g/mol. The van der Waals surface area contributed by atoms with E-state index < -0.39 is 0 Å². The molecule has 1 aromatic heterocycles. The summed E-state index contributed by atoms with van der Waals surface area (Å²) >= 11 is 13.4. The molecule has 18 heavy (non-hydrogen) atoms. The van der Waals surface area contributed by atoms with Crippen LogP contribution in [0.3, 0.4) is 0 Å². The highest BCUT2D eigenvalue weighted by atomic mass is 35.5. The molecule has 94 valence electrons. The summed E-state index contributed by atoms with van der Waals surface area (Å²) < 4.78 is 5.29. The zero-order valence-corrected chi connectivity index (χ0v) is 12.0. The minimum absolute atomic E-state index is 0.408. The number of hydrogen-bond acceptors (Lipinski definition) is 3. The molecular weight excluding hydrogens is 289 g/mol. The molecule has 0 fully saturated rings. The van der Waals surface area contributed by atoms with Gasteiger partial charge in [-0.15, -0.1) is 11.8 Å². The van der Waals surface area contributed by atoms with E-state index in [1.807, 2.05) is 30.3 Å². The van der Waals surface area contributed by atoms with Gasteiger partial charge in [0.1, 0.15) is 16.1 Å². The highest BCUT2D eigenvalue weighted by Crippen LogP contribution is 2.32. The molecule has 1 aromatic carbocycles. The second-order valence-corrected chi connectivity index (χ2v) is 5.29. The maximum Gasteiger partial charge on any atom is 0.134 e. The second kappa shape index (κ2) is 6.32. The molecule has 2 aromatic rings. The third-order valence-electron chi connectivity index (χ3n) is 2.34. The molecule has 0 aliphatic rings. The number of pyridine rings is 1. The van der Waals surface area contributed by atoms with Gasteiger partial charge in [-0.3, -0.25) is 0 Å². The highest BCUT2D eigenvalue weighted by Gasteiger charge is 2.06. The molecule has 5 heteroatoms. The Morgan fingerprint density at radius 1 is 1.17 bits per heavy atom. The van der Waals surface area contributed by atoms with E-state index in [-0.39, 0.29) is 0 Å². The van der Waals surface area contributed by atoms with Gasteiger partial charge >= 0.3 is 0 Å². The Morgan fingerprint density at radius 3 is 2.67 bits per heavy atom. The zero-order valence-electron chi connectivity index (χ0n) is 9.69. The molecule has 0 saturated carbocycles. The first kappa shape index (κ1) is 13.5. The Kier molecular flexibility index (Phi) is 4.75. The fourth-order valence-electron chi connectivity index (χ4n) is 1.44. The van der Waals surface area contributed by atoms with Crippen LogP contribution in [-0.4, -0.2) is 12.1 Å². The number of methoxy groups -OCH3 is 1. The lowest BCUT2D eigenvalue weighted by atomic mass is 10.3. The van der Waals surface area contributed by atoms with Crippen molar-refractivity contribution in [3.05, 3.63) is 52.3 Å². The summed E-state index contributed by atoms with van der Waals surface area (Å²) in [7, 11) is 1.66. The van der Waals surface area contributed by atoms with Crippen LogP contribution in [0.4, 0.5) is 0 Å². The van der Waals surface area contributed by atoms with Gasteiger partial charge in [-0.05, 0) is 23.8 Å². The van der Waals surface area contributed by atoms with Gasteiger partial charge < -0.3 is 4.74 Å². The normalized spacial score (nSPS) is 10.4. The smallest absolute Gasteiger partial charge is 0.134 e. The molecule has 0 saturated heterocycles. The van der Waals surface area contributed by atoms with Crippen LogP contribution in [0.5, 0.6) is 5.75 Å². The third-order valence-corrected chi connectivity index (χ3v) is 3.99. The molecule has 0 unspecified atom stereocenters. The lowest BCUT2D eigenvalue weighted by Crippen LogP contribution is -1.89. The standard InChI is InChI=1S/C13H11Cl2NOS/c1-17-10-4-2-3-5-11(10)18-8-9-6-7-12(14)16-13(9)15/h2-7H,8H2,1H3. The zero-order chi connectivity index (χ0) is 13.0. The summed E-state index contributed by atoms with van der Waals surface area (Å²) in [6.45, 7) is 0. The van der Waals surface area contributed by atoms with Gasteiger partial charge in [-0.2, -0.15) is 0 Å². The average molecular weight is 300 g/mol. The van der Waals surface area contributed by atoms with E-state index in [0.717, 1.165) is 22.0 Å². The van der Waals surface area contributed by atoms with Crippen molar-refractivity contribution in [3.8, 4) is 5.75 Å². The summed E-state index contributed by atoms with van der Waals surface area (Å²) in [5, 5.41) is 0.857. The minimum atomic E-state index is 0.408. The summed E-state index contributed by atoms with van der Waals surface area (Å²) in [6, 6.07) is 11.5. The van der Waals surface area contributed by atoms with Crippen LogP contribution in [-0.2, 0) is 5.75 Å². The van der Waals surface area contributed by atoms with E-state index in [1.54, 1.807) is 24.9 Å². The topological polar surface area (TPSA) is 22.1 Å². The van der Waals surface area contributed by atoms with Crippen LogP contribution in [0, 0.1) is 0 Å². The molecule has 0 radical (unpaired) electrons. The average Bonchev–Trinajstić information content (AvgIpc) is 2.38. The maximum atomic E-state index is 6.03. The first-order valence-corrected chi connectivity index (χ1v) is 7.01. The van der Waals surface area contributed by atoms with Crippen molar-refractivity contribution < 1.29 is 4.74 Å². The molecule has 0 aliphatic heterocycles. The molecule has 0 N–H and O–H groups in total. The van der Waals surface area contributed by atoms with Crippen LogP contribution >= 0.6 is 35.0 Å². The van der Waals surface area contributed by atoms with E-state index in [1.165, 1.54) is 0 Å². The van der Waals surface area contributed by atoms with Crippen LogP contribution in [0.25, 0.3) is 0 Å². The van der Waals surface area contributed by atoms with E-state index in [9.17, 15) is 0 Å². The van der Waals surface area contributed by atoms with E-state index in [2.05, 4.69) is 4.98 Å². The SMILES string of the molecule is COc1ccccc1SCc1ccc(Cl)nc1Cl. The van der Waals surface area contributed by atoms with Gasteiger partial charge in [-0.25, -0.2) is 4.98 Å². The Hall–Kier alpha value is -0.900. The number of hydrogen-bond donors (Lipinski definition) is 0. The summed E-state index contributed by atoms with van der Waals surface area (Å²) in [5.74, 6) is 1.59. The van der Waals surface area contributed by atoms with E-state index in [4.69, 9.17) is 27.9 Å². The number of para-hydroxylation sites is 1. The number of halogens is 2. The Balaban J connectivity index is 2.11. The van der Waals surface area contributed by atoms with Crippen molar-refractivity contribution in [2.24, 2.45) is 0 Å². The number of benzene rings is 1. The number of rotatable bonds is 4. The molecule has 0 bridgehead atoms. The number of ether oxygens (including phenoxy) is 1. The van der Waals surface area contributed by atoms with Crippen LogP contribution < -0.4 is 4.74 Å². The summed E-state index contributed by atoms with van der Waals surface area (Å²) in [5.41, 5.74) is 0.956. The number of nitrogens with zero attached hydrogens (tertiary/aromatic N) is 1. The molecule has 2 nitrogen and oxygen atoms in total. The van der Waals surface area contributed by atoms with Crippen LogP contribution in [0.2, 0.25) is 10.3 Å². The first-order valence-electron chi connectivity index (χ1n) is 5.27. The highest BCUT2D eigenvalue weighted by molar-refractivity contribution is 7.98. The second-order valence-electron chi connectivity index (χ2n) is 3.52. The van der Waals surface area contributed by atoms with Gasteiger partial charge in [0.25, 0.3) is 0 Å². The number of aromatic nitrogens is 1. The predicted octanol–water partition coefficient (Wildman–Crippen LogP) is 4.69. The maximum absolute atomic E-state index is 6.03. The van der Waals surface area contributed by atoms with Crippen molar-refractivity contribution in [2.75, 3.05) is 7.11 Å². The fourth-order valence-corrected chi connectivity index (χ4v) is 2.95. The van der Waals surface area contributed by atoms with Crippen molar-refractivity contribution in [2.45, 2.75) is 10.6 Å². The quantitative estimate of drug-likeness (QED) is 0.604. The van der Waals surface area contributed by atoms with Crippen molar-refractivity contribution in [3.63, 3.8) is 0 Å². The molecule has 0 atom stereocenters. The van der Waals surface area contributed by atoms with Crippen molar-refractivity contribution in [1.82, 2.24) is 4.98 Å². The Labute approximate surface area is 120 Å². The molecule has 1 heterocycles. The van der Waals surface area contributed by atoms with Gasteiger partial charge in [0.15, 0.2) is 0 Å². The van der Waals surface area contributed by atoms with Crippen molar-refractivity contribution in [1.29, 1.82) is 0 Å². The van der Waals surface area contributed by atoms with Gasteiger partial charge in [-0.1, -0.05) is 41.4 Å². The number of thioether (sulfide) groups is 1. The van der Waals surface area contributed by atoms with Crippen molar-refractivity contribution >= 4 is 35.0 Å². The lowest BCUT2D eigenvalue weighted by molar-refractivity contribution is 0.405. The van der Waals surface area contributed by atoms with Gasteiger partial charge in [0, 0.05) is 10.6 Å². The molecule has 0 spiro atoms. The Morgan fingerprint density at radius 2 is 1.94 bits per heavy atom. The van der Waals surface area contributed by atoms with E-state index in [0.29, 0.717) is 10.3 Å². The van der Waals surface area contributed by atoms with Gasteiger partial charge in [0.2, 0.25) is 0 Å². The predicted molar refractivity (Wildman–Crippen MR) is 76.8 cm³/mol. The first-order chi connectivity index (χ1) is 8.70. The molecular formula is C13H11Cl2NOS. The Bertz CT molecular complexity index is 548. The summed E-state index contributed by atoms with van der Waals surface area (Å²) in [4.78, 5) is 5.09. The largest absolute Gasteiger partial charge is 0.496 e. The molecule has 2 rings (SSSR count). The lowest BCUT2D eigenvalue weighted by Gasteiger charge is -2.08. The van der Waals surface area contributed by atoms with Gasteiger partial charge in [0.05, 0.1) is 7.11 Å². The molecule has 0 amide bonds. The minimum Gasteiger partial charge on any atom is -0.496 e. The third kappa shape index (κ3) is 3.31. The molecule has 0 aliphatic carbocycles. The van der Waals surface area contributed by atoms with E-state index >= 15 is 0 Å².